The van der Waals surface area contributed by atoms with Gasteiger partial charge in [0, 0.05) is 0 Å². The standard InChI is InChI=1S/C17H23BrO3/c1-10-5-11(2)7-12(6-10)16(19)13-8-14(18)17-15(9-13)20-3-4-21-17/h8-12,16,19H,3-7H2,1-2H3. The summed E-state index contributed by atoms with van der Waals surface area (Å²) < 4.78 is 12.1. The van der Waals surface area contributed by atoms with Gasteiger partial charge in [-0.15, -0.1) is 0 Å². The molecule has 3 nitrogen and oxygen atoms in total. The number of hydrogen-bond acceptors (Lipinski definition) is 3. The number of hydrogen-bond donors (Lipinski definition) is 1. The molecule has 1 saturated carbocycles. The lowest BCUT2D eigenvalue weighted by Crippen LogP contribution is -2.25. The second-order valence-corrected chi connectivity index (χ2v) is 7.50. The number of aliphatic hydroxyl groups is 1. The molecule has 1 aliphatic heterocycles. The molecule has 1 aromatic carbocycles. The van der Waals surface area contributed by atoms with Crippen LogP contribution in [0.5, 0.6) is 11.5 Å². The first kappa shape index (κ1) is 15.2. The average Bonchev–Trinajstić information content (AvgIpc) is 2.45. The molecule has 4 heteroatoms. The molecule has 1 fully saturated rings. The van der Waals surface area contributed by atoms with E-state index in [1.54, 1.807) is 0 Å². The van der Waals surface area contributed by atoms with Crippen LogP contribution < -0.4 is 9.47 Å². The van der Waals surface area contributed by atoms with E-state index in [0.717, 1.165) is 34.4 Å². The smallest absolute Gasteiger partial charge is 0.175 e. The minimum Gasteiger partial charge on any atom is -0.486 e. The summed E-state index contributed by atoms with van der Waals surface area (Å²) in [4.78, 5) is 0. The molecule has 21 heavy (non-hydrogen) atoms. The quantitative estimate of drug-likeness (QED) is 0.858. The summed E-state index contributed by atoms with van der Waals surface area (Å²) in [6.07, 6.45) is 3.03. The summed E-state index contributed by atoms with van der Waals surface area (Å²) in [5.41, 5.74) is 0.928. The van der Waals surface area contributed by atoms with E-state index in [1.165, 1.54) is 6.42 Å². The van der Waals surface area contributed by atoms with Crippen molar-refractivity contribution >= 4 is 15.9 Å². The van der Waals surface area contributed by atoms with Crippen molar-refractivity contribution < 1.29 is 14.6 Å². The normalized spacial score (nSPS) is 30.0. The van der Waals surface area contributed by atoms with Crippen LogP contribution in [0.2, 0.25) is 0 Å². The van der Waals surface area contributed by atoms with Crippen molar-refractivity contribution in [1.82, 2.24) is 0 Å². The summed E-state index contributed by atoms with van der Waals surface area (Å²) in [5.74, 6) is 3.20. The molecule has 0 saturated heterocycles. The molecule has 0 spiro atoms. The zero-order valence-electron chi connectivity index (χ0n) is 12.6. The molecule has 2 aliphatic rings. The van der Waals surface area contributed by atoms with Crippen molar-refractivity contribution in [3.8, 4) is 11.5 Å². The molecule has 0 bridgehead atoms. The van der Waals surface area contributed by atoms with Gasteiger partial charge in [-0.2, -0.15) is 0 Å². The van der Waals surface area contributed by atoms with Crippen LogP contribution in [0.1, 0.15) is 44.8 Å². The maximum absolute atomic E-state index is 10.8. The fourth-order valence-corrected chi connectivity index (χ4v) is 4.41. The van der Waals surface area contributed by atoms with E-state index in [1.807, 2.05) is 12.1 Å². The van der Waals surface area contributed by atoms with Gasteiger partial charge in [-0.05, 0) is 70.6 Å². The van der Waals surface area contributed by atoms with Crippen LogP contribution in [0.15, 0.2) is 16.6 Å². The molecule has 1 aliphatic carbocycles. The first-order chi connectivity index (χ1) is 10.0. The Bertz CT molecular complexity index is 507. The molecule has 3 unspecified atom stereocenters. The molecular weight excluding hydrogens is 332 g/mol. The van der Waals surface area contributed by atoms with Crippen molar-refractivity contribution in [2.45, 2.75) is 39.2 Å². The summed E-state index contributed by atoms with van der Waals surface area (Å²) in [5, 5.41) is 10.8. The van der Waals surface area contributed by atoms with E-state index >= 15 is 0 Å². The third-order valence-electron chi connectivity index (χ3n) is 4.62. The number of benzene rings is 1. The van der Waals surface area contributed by atoms with Crippen LogP contribution in [0.25, 0.3) is 0 Å². The monoisotopic (exact) mass is 354 g/mol. The van der Waals surface area contributed by atoms with Gasteiger partial charge in [-0.25, -0.2) is 0 Å². The minimum absolute atomic E-state index is 0.332. The van der Waals surface area contributed by atoms with Gasteiger partial charge in [0.05, 0.1) is 10.6 Å². The van der Waals surface area contributed by atoms with Crippen molar-refractivity contribution in [2.75, 3.05) is 13.2 Å². The molecule has 0 radical (unpaired) electrons. The second-order valence-electron chi connectivity index (χ2n) is 6.65. The van der Waals surface area contributed by atoms with Gasteiger partial charge in [0.1, 0.15) is 13.2 Å². The van der Waals surface area contributed by atoms with E-state index in [0.29, 0.717) is 31.0 Å². The zero-order chi connectivity index (χ0) is 15.0. The molecule has 3 rings (SSSR count). The summed E-state index contributed by atoms with van der Waals surface area (Å²) in [7, 11) is 0. The number of aliphatic hydroxyl groups excluding tert-OH is 1. The van der Waals surface area contributed by atoms with Crippen LogP contribution in [0.4, 0.5) is 0 Å². The predicted octanol–water partition coefficient (Wildman–Crippen LogP) is 4.33. The Morgan fingerprint density at radius 3 is 2.48 bits per heavy atom. The van der Waals surface area contributed by atoms with Crippen LogP contribution in [-0.4, -0.2) is 18.3 Å². The Morgan fingerprint density at radius 2 is 1.76 bits per heavy atom. The number of halogens is 1. The Balaban J connectivity index is 1.84. The molecule has 116 valence electrons. The van der Waals surface area contributed by atoms with Gasteiger partial charge in [0.15, 0.2) is 11.5 Å². The largest absolute Gasteiger partial charge is 0.486 e. The number of ether oxygens (including phenoxy) is 2. The van der Waals surface area contributed by atoms with E-state index in [2.05, 4.69) is 29.8 Å². The molecule has 0 aromatic heterocycles. The Hall–Kier alpha value is -0.740. The minimum atomic E-state index is -0.428. The van der Waals surface area contributed by atoms with E-state index in [4.69, 9.17) is 9.47 Å². The molecule has 1 heterocycles. The Labute approximate surface area is 134 Å². The third kappa shape index (κ3) is 3.21. The van der Waals surface area contributed by atoms with Gasteiger partial charge in [-0.3, -0.25) is 0 Å². The summed E-state index contributed by atoms with van der Waals surface area (Å²) in [6.45, 7) is 5.71. The SMILES string of the molecule is CC1CC(C)CC(C(O)c2cc(Br)c3c(c2)OCCO3)C1. The maximum atomic E-state index is 10.8. The lowest BCUT2D eigenvalue weighted by Gasteiger charge is -2.34. The van der Waals surface area contributed by atoms with E-state index in [9.17, 15) is 5.11 Å². The van der Waals surface area contributed by atoms with Gasteiger partial charge in [0.25, 0.3) is 0 Å². The fraction of sp³-hybridized carbons (Fsp3) is 0.647. The van der Waals surface area contributed by atoms with Crippen molar-refractivity contribution in [2.24, 2.45) is 17.8 Å². The van der Waals surface area contributed by atoms with Gasteiger partial charge in [-0.1, -0.05) is 13.8 Å². The average molecular weight is 355 g/mol. The molecule has 0 amide bonds. The van der Waals surface area contributed by atoms with Crippen molar-refractivity contribution in [1.29, 1.82) is 0 Å². The molecule has 1 N–H and O–H groups in total. The van der Waals surface area contributed by atoms with E-state index < -0.39 is 6.10 Å². The van der Waals surface area contributed by atoms with Gasteiger partial charge >= 0.3 is 0 Å². The topological polar surface area (TPSA) is 38.7 Å². The highest BCUT2D eigenvalue weighted by atomic mass is 79.9. The van der Waals surface area contributed by atoms with Crippen LogP contribution in [-0.2, 0) is 0 Å². The van der Waals surface area contributed by atoms with Gasteiger partial charge in [0.2, 0.25) is 0 Å². The lowest BCUT2D eigenvalue weighted by atomic mass is 9.73. The van der Waals surface area contributed by atoms with Crippen LogP contribution in [0, 0.1) is 17.8 Å². The third-order valence-corrected chi connectivity index (χ3v) is 5.21. The van der Waals surface area contributed by atoms with E-state index in [-0.39, 0.29) is 0 Å². The first-order valence-electron chi connectivity index (χ1n) is 7.81. The highest BCUT2D eigenvalue weighted by molar-refractivity contribution is 9.10. The summed E-state index contributed by atoms with van der Waals surface area (Å²) >= 11 is 3.53. The Morgan fingerprint density at radius 1 is 1.10 bits per heavy atom. The highest BCUT2D eigenvalue weighted by Gasteiger charge is 2.31. The van der Waals surface area contributed by atoms with Crippen molar-refractivity contribution in [3.05, 3.63) is 22.2 Å². The van der Waals surface area contributed by atoms with Crippen LogP contribution >= 0.6 is 15.9 Å². The number of rotatable bonds is 2. The highest BCUT2D eigenvalue weighted by Crippen LogP contribution is 2.44. The molecule has 3 atom stereocenters. The fourth-order valence-electron chi connectivity index (χ4n) is 3.84. The molecular formula is C17H23BrO3. The second kappa shape index (κ2) is 6.17. The number of fused-ring (bicyclic) bond motifs is 1. The summed E-state index contributed by atoms with van der Waals surface area (Å²) in [6, 6.07) is 3.91. The van der Waals surface area contributed by atoms with Gasteiger partial charge < -0.3 is 14.6 Å². The zero-order valence-corrected chi connectivity index (χ0v) is 14.2. The first-order valence-corrected chi connectivity index (χ1v) is 8.61. The maximum Gasteiger partial charge on any atom is 0.175 e. The predicted molar refractivity (Wildman–Crippen MR) is 85.8 cm³/mol. The lowest BCUT2D eigenvalue weighted by molar-refractivity contribution is 0.0546. The van der Waals surface area contributed by atoms with Crippen molar-refractivity contribution in [3.63, 3.8) is 0 Å². The Kier molecular flexibility index (Phi) is 4.46. The van der Waals surface area contributed by atoms with Crippen LogP contribution in [0.3, 0.4) is 0 Å². The molecule has 1 aromatic rings.